The summed E-state index contributed by atoms with van der Waals surface area (Å²) in [5.41, 5.74) is 0. The molecule has 0 aromatic rings. The van der Waals surface area contributed by atoms with Crippen molar-refractivity contribution in [2.24, 2.45) is 11.8 Å². The largest absolute Gasteiger partial charge is 0.316 e. The van der Waals surface area contributed by atoms with E-state index in [1.54, 1.807) is 0 Å². The summed E-state index contributed by atoms with van der Waals surface area (Å²) in [4.78, 5) is 0. The summed E-state index contributed by atoms with van der Waals surface area (Å²) in [6, 6.07) is 0. The van der Waals surface area contributed by atoms with Crippen LogP contribution in [-0.2, 0) is 0 Å². The van der Waals surface area contributed by atoms with Crippen LogP contribution in [-0.4, -0.2) is 13.1 Å². The standard InChI is InChI=1S/C12H21N/c1-2-4-12(5-3-1)10-13-9-8-11-6-7-11/h1-2,11-13H,3-10H2. The lowest BCUT2D eigenvalue weighted by Crippen LogP contribution is -2.24. The maximum absolute atomic E-state index is 3.59. The average Bonchev–Trinajstić information content (AvgIpc) is 2.98. The Hall–Kier alpha value is -0.300. The highest BCUT2D eigenvalue weighted by Crippen LogP contribution is 2.31. The normalized spacial score (nSPS) is 27.8. The maximum atomic E-state index is 3.59. The van der Waals surface area contributed by atoms with Gasteiger partial charge in [0.1, 0.15) is 0 Å². The molecule has 1 heteroatoms. The molecule has 0 amide bonds. The van der Waals surface area contributed by atoms with Gasteiger partial charge >= 0.3 is 0 Å². The molecule has 1 nitrogen and oxygen atoms in total. The van der Waals surface area contributed by atoms with E-state index >= 15 is 0 Å². The molecule has 1 N–H and O–H groups in total. The molecule has 2 aliphatic rings. The monoisotopic (exact) mass is 179 g/mol. The minimum absolute atomic E-state index is 0.921. The summed E-state index contributed by atoms with van der Waals surface area (Å²) in [6.45, 7) is 2.50. The van der Waals surface area contributed by atoms with Gasteiger partial charge in [-0.1, -0.05) is 25.0 Å². The van der Waals surface area contributed by atoms with Gasteiger partial charge in [0.15, 0.2) is 0 Å². The van der Waals surface area contributed by atoms with Crippen molar-refractivity contribution in [2.75, 3.05) is 13.1 Å². The maximum Gasteiger partial charge on any atom is -0.00174 e. The van der Waals surface area contributed by atoms with Crippen molar-refractivity contribution in [2.45, 2.75) is 38.5 Å². The molecule has 2 aliphatic carbocycles. The number of hydrogen-bond donors (Lipinski definition) is 1. The zero-order chi connectivity index (χ0) is 8.93. The molecule has 1 saturated carbocycles. The van der Waals surface area contributed by atoms with E-state index in [1.165, 1.54) is 51.6 Å². The van der Waals surface area contributed by atoms with Crippen molar-refractivity contribution < 1.29 is 0 Å². The minimum Gasteiger partial charge on any atom is -0.316 e. The summed E-state index contributed by atoms with van der Waals surface area (Å²) in [6.07, 6.45) is 13.1. The van der Waals surface area contributed by atoms with Crippen LogP contribution in [0.4, 0.5) is 0 Å². The molecule has 0 radical (unpaired) electrons. The average molecular weight is 179 g/mol. The van der Waals surface area contributed by atoms with Crippen LogP contribution in [0.2, 0.25) is 0 Å². The summed E-state index contributed by atoms with van der Waals surface area (Å²) in [7, 11) is 0. The van der Waals surface area contributed by atoms with Gasteiger partial charge in [0.25, 0.3) is 0 Å². The first-order valence-corrected chi connectivity index (χ1v) is 5.81. The fourth-order valence-electron chi connectivity index (χ4n) is 2.06. The molecule has 0 aromatic carbocycles. The summed E-state index contributed by atoms with van der Waals surface area (Å²) >= 11 is 0. The lowest BCUT2D eigenvalue weighted by molar-refractivity contribution is 0.436. The molecule has 13 heavy (non-hydrogen) atoms. The molecular formula is C12H21N. The van der Waals surface area contributed by atoms with Gasteiger partial charge < -0.3 is 5.32 Å². The Morgan fingerprint density at radius 2 is 2.00 bits per heavy atom. The van der Waals surface area contributed by atoms with Crippen LogP contribution in [0.3, 0.4) is 0 Å². The van der Waals surface area contributed by atoms with Crippen LogP contribution < -0.4 is 5.32 Å². The topological polar surface area (TPSA) is 12.0 Å². The van der Waals surface area contributed by atoms with Gasteiger partial charge in [-0.3, -0.25) is 0 Å². The number of allylic oxidation sites excluding steroid dienone is 2. The van der Waals surface area contributed by atoms with Crippen LogP contribution in [0.15, 0.2) is 12.2 Å². The zero-order valence-electron chi connectivity index (χ0n) is 8.47. The molecule has 0 heterocycles. The number of hydrogen-bond acceptors (Lipinski definition) is 1. The van der Waals surface area contributed by atoms with Crippen LogP contribution in [0.5, 0.6) is 0 Å². The first-order valence-electron chi connectivity index (χ1n) is 5.81. The van der Waals surface area contributed by atoms with E-state index in [0.717, 1.165) is 11.8 Å². The van der Waals surface area contributed by atoms with Gasteiger partial charge in [0.2, 0.25) is 0 Å². The van der Waals surface area contributed by atoms with Gasteiger partial charge in [-0.15, -0.1) is 0 Å². The molecule has 2 rings (SSSR count). The summed E-state index contributed by atoms with van der Waals surface area (Å²) in [5, 5.41) is 3.59. The second-order valence-electron chi connectivity index (χ2n) is 4.59. The van der Waals surface area contributed by atoms with E-state index in [1.807, 2.05) is 0 Å². The smallest absolute Gasteiger partial charge is 0.00174 e. The van der Waals surface area contributed by atoms with Crippen molar-refractivity contribution in [3.05, 3.63) is 12.2 Å². The Balaban J connectivity index is 1.48. The predicted octanol–water partition coefficient (Wildman–Crippen LogP) is 2.73. The van der Waals surface area contributed by atoms with Crippen molar-refractivity contribution in [1.29, 1.82) is 0 Å². The van der Waals surface area contributed by atoms with Crippen molar-refractivity contribution in [3.8, 4) is 0 Å². The van der Waals surface area contributed by atoms with Gasteiger partial charge in [0, 0.05) is 0 Å². The molecule has 0 aromatic heterocycles. The van der Waals surface area contributed by atoms with E-state index in [9.17, 15) is 0 Å². The molecule has 0 spiro atoms. The SMILES string of the molecule is C1=CCC(CNCCC2CC2)CC1. The molecule has 0 aliphatic heterocycles. The van der Waals surface area contributed by atoms with Gasteiger partial charge in [-0.2, -0.15) is 0 Å². The summed E-state index contributed by atoms with van der Waals surface area (Å²) in [5.74, 6) is 2.00. The molecule has 1 atom stereocenters. The Bertz CT molecular complexity index is 170. The van der Waals surface area contributed by atoms with Gasteiger partial charge in [-0.05, 0) is 50.6 Å². The number of rotatable bonds is 5. The molecule has 1 fully saturated rings. The fourth-order valence-corrected chi connectivity index (χ4v) is 2.06. The van der Waals surface area contributed by atoms with E-state index in [2.05, 4.69) is 17.5 Å². The Morgan fingerprint density at radius 1 is 1.08 bits per heavy atom. The fraction of sp³-hybridized carbons (Fsp3) is 0.833. The second kappa shape index (κ2) is 4.80. The third-order valence-electron chi connectivity index (χ3n) is 3.24. The first kappa shape index (κ1) is 9.26. The van der Waals surface area contributed by atoms with Crippen LogP contribution >= 0.6 is 0 Å². The van der Waals surface area contributed by atoms with Gasteiger partial charge in [0.05, 0.1) is 0 Å². The van der Waals surface area contributed by atoms with E-state index in [0.29, 0.717) is 0 Å². The second-order valence-corrected chi connectivity index (χ2v) is 4.59. The highest BCUT2D eigenvalue weighted by Gasteiger charge is 2.20. The Morgan fingerprint density at radius 3 is 2.69 bits per heavy atom. The molecule has 74 valence electrons. The lowest BCUT2D eigenvalue weighted by Gasteiger charge is -2.17. The Labute approximate surface area is 81.6 Å². The first-order chi connectivity index (χ1) is 6.45. The highest BCUT2D eigenvalue weighted by atomic mass is 14.9. The van der Waals surface area contributed by atoms with Crippen LogP contribution in [0.25, 0.3) is 0 Å². The van der Waals surface area contributed by atoms with Crippen molar-refractivity contribution in [3.63, 3.8) is 0 Å². The van der Waals surface area contributed by atoms with Crippen LogP contribution in [0, 0.1) is 11.8 Å². The Kier molecular flexibility index (Phi) is 3.42. The quantitative estimate of drug-likeness (QED) is 0.505. The zero-order valence-corrected chi connectivity index (χ0v) is 8.47. The lowest BCUT2D eigenvalue weighted by atomic mass is 9.94. The third kappa shape index (κ3) is 3.51. The molecule has 0 saturated heterocycles. The van der Waals surface area contributed by atoms with Crippen molar-refractivity contribution >= 4 is 0 Å². The molecule has 0 bridgehead atoms. The third-order valence-corrected chi connectivity index (χ3v) is 3.24. The van der Waals surface area contributed by atoms with Crippen molar-refractivity contribution in [1.82, 2.24) is 5.32 Å². The molecular weight excluding hydrogens is 158 g/mol. The van der Waals surface area contributed by atoms with Crippen LogP contribution in [0.1, 0.15) is 38.5 Å². The minimum atomic E-state index is 0.921. The van der Waals surface area contributed by atoms with Gasteiger partial charge in [-0.25, -0.2) is 0 Å². The molecule has 1 unspecified atom stereocenters. The number of nitrogens with one attached hydrogen (secondary N) is 1. The van der Waals surface area contributed by atoms with E-state index in [-0.39, 0.29) is 0 Å². The van der Waals surface area contributed by atoms with E-state index < -0.39 is 0 Å². The van der Waals surface area contributed by atoms with E-state index in [4.69, 9.17) is 0 Å². The predicted molar refractivity (Wildman–Crippen MR) is 56.7 cm³/mol. The summed E-state index contributed by atoms with van der Waals surface area (Å²) < 4.78 is 0. The highest BCUT2D eigenvalue weighted by molar-refractivity contribution is 4.90.